The van der Waals surface area contributed by atoms with Crippen LogP contribution in [0, 0.1) is 6.92 Å². The zero-order chi connectivity index (χ0) is 60.7. The number of urea groups is 1. The number of carbonyl (C=O) groups excluding carboxylic acids is 1. The van der Waals surface area contributed by atoms with Gasteiger partial charge in [-0.25, -0.2) is 39.1 Å². The molecule has 0 fully saturated rings. The molecule has 27 heteroatoms. The Hall–Kier alpha value is -8.49. The molecular weight excluding hydrogens is 1020 g/mol. The molecule has 1 atom stereocenters. The zero-order valence-electron chi connectivity index (χ0n) is 49.3. The van der Waals surface area contributed by atoms with Crippen LogP contribution in [0.3, 0.4) is 0 Å². The Balaban J connectivity index is 0.000000250. The van der Waals surface area contributed by atoms with E-state index in [1.54, 1.807) is 47.5 Å². The fourth-order valence-electron chi connectivity index (χ4n) is 6.86. The number of nitrogens with two attached hydrogens (primary N) is 4. The van der Waals surface area contributed by atoms with Crippen molar-refractivity contribution in [1.82, 2.24) is 77.9 Å². The lowest BCUT2D eigenvalue weighted by molar-refractivity contribution is 0.170. The second kappa shape index (κ2) is 24.5. The number of nitrogens with zero attached hydrogens (tertiary/aromatic N) is 12. The predicted molar refractivity (Wildman–Crippen MR) is 309 cm³/mol. The smallest absolute Gasteiger partial charge is 0.349 e. The van der Waals surface area contributed by atoms with Crippen LogP contribution in [-0.4, -0.2) is 90.3 Å². The number of nitrogens with one attached hydrogen (secondary N) is 4. The number of aromatic nitrogens is 14. The second-order valence-electron chi connectivity index (χ2n) is 24.4. The Morgan fingerprint density at radius 3 is 1.51 bits per heavy atom. The van der Waals surface area contributed by atoms with Crippen LogP contribution in [0.2, 0.25) is 0 Å². The highest BCUT2D eigenvalue weighted by atomic mass is 16.2. The summed E-state index contributed by atoms with van der Waals surface area (Å²) in [7, 11) is 0. The molecular formula is C52H82N20O7. The molecule has 1 unspecified atom stereocenters. The summed E-state index contributed by atoms with van der Waals surface area (Å²) in [6.45, 7) is 39.0. The molecule has 0 saturated heterocycles. The Morgan fingerprint density at radius 2 is 1.01 bits per heavy atom. The molecule has 0 aromatic carbocycles. The van der Waals surface area contributed by atoms with Crippen molar-refractivity contribution in [2.45, 2.75) is 178 Å². The first-order valence-corrected chi connectivity index (χ1v) is 25.1. The average molecular weight is 1100 g/mol. The maximum atomic E-state index is 11.5. The first-order chi connectivity index (χ1) is 35.9. The van der Waals surface area contributed by atoms with Crippen LogP contribution in [0.15, 0.2) is 90.2 Å². The fraction of sp³-hybridized carbons (Fsp3) is 0.519. The van der Waals surface area contributed by atoms with E-state index in [0.29, 0.717) is 28.1 Å². The minimum Gasteiger partial charge on any atom is -0.383 e. The number of anilines is 3. The normalized spacial score (nSPS) is 13.9. The summed E-state index contributed by atoms with van der Waals surface area (Å²) in [5.41, 5.74) is 22.7. The number of fused-ring (bicyclic) bond motifs is 2. The Morgan fingerprint density at radius 1 is 0.519 bits per heavy atom. The summed E-state index contributed by atoms with van der Waals surface area (Å²) in [6.07, 6.45) is 11.0. The molecule has 1 aliphatic rings. The molecule has 7 aromatic rings. The third-order valence-corrected chi connectivity index (χ3v) is 11.2. The minimum absolute atomic E-state index is 0.0461. The van der Waals surface area contributed by atoms with Gasteiger partial charge in [-0.05, 0) is 150 Å². The molecule has 27 nitrogen and oxygen atoms in total. The molecule has 0 aliphatic carbocycles. The van der Waals surface area contributed by atoms with E-state index in [-0.39, 0.29) is 90.9 Å². The lowest BCUT2D eigenvalue weighted by Crippen LogP contribution is -2.56. The van der Waals surface area contributed by atoms with Gasteiger partial charge in [0.1, 0.15) is 23.8 Å². The van der Waals surface area contributed by atoms with Crippen LogP contribution in [0.4, 0.5) is 22.4 Å². The van der Waals surface area contributed by atoms with E-state index in [2.05, 4.69) is 70.9 Å². The van der Waals surface area contributed by atoms with Crippen molar-refractivity contribution in [3.05, 3.63) is 130 Å². The van der Waals surface area contributed by atoms with E-state index in [4.69, 9.17) is 22.9 Å². The Bertz CT molecular complexity index is 3640. The number of rotatable bonds is 0. The molecule has 0 spiro atoms. The van der Waals surface area contributed by atoms with E-state index in [1.807, 2.05) is 126 Å². The number of hydrogen-bond acceptors (Lipinski definition) is 17. The lowest BCUT2D eigenvalue weighted by atomic mass is 10.1. The highest BCUT2D eigenvalue weighted by Gasteiger charge is 2.30. The summed E-state index contributed by atoms with van der Waals surface area (Å²) in [4.78, 5) is 111. The lowest BCUT2D eigenvalue weighted by Gasteiger charge is -2.37. The van der Waals surface area contributed by atoms with Gasteiger partial charge in [0.15, 0.2) is 22.6 Å². The SMILES string of the molecule is CC(C)(C)n1ccc(=O)[nH]c1=O.CC(C)(C)n1ccc(N)nc1=O.CC(C)(C)n1cnc2c(=O)[nH]c(N)nc21.CC(C)(C)n1cnc2c(N)ncnc21.CC1=CN(C(C)(C)C)C(=O)NC1N.Cc1cn(C(C)(C)C)c(=O)[nH]c1=O. The number of hydrogen-bond donors (Lipinski definition) is 8. The molecule has 8 heterocycles. The largest absolute Gasteiger partial charge is 0.383 e. The van der Waals surface area contributed by atoms with Crippen LogP contribution in [0.1, 0.15) is 137 Å². The van der Waals surface area contributed by atoms with Gasteiger partial charge in [0.2, 0.25) is 5.95 Å². The standard InChI is InChI=1S/C9H13N5O.C9H13N5.C9H17N3O.C9H14N2O2.C8H13N3O.C8H12N2O2/c1-9(2,3)14-4-11-5-6(14)12-8(10)13-7(5)15;1-9(2,3)14-5-13-6-7(10)11-4-12-8(6)14;1-6-5-12(9(2,3)4)8(13)11-7(6)10;1-6-5-11(9(2,3)4)8(13)10-7(6)12;1-8(2,3)11-5-4-6(9)10-7(11)12;1-8(2,3)10-5-4-6(11)9-7(10)12/h4H,1-3H3,(H3,10,12,13,15);4-5H,1-3H3,(H2,10,11,12);5,7H,10H2,1-4H3,(H,11,13);5H,1-4H3,(H,10,12,13);4-5H,1-3H3,(H2,9,10,12);4-5H,1-3H3,(H,9,11,12). The van der Waals surface area contributed by atoms with Crippen molar-refractivity contribution in [3.8, 4) is 0 Å². The number of aromatic amines is 3. The molecule has 2 amide bonds. The van der Waals surface area contributed by atoms with E-state index in [1.165, 1.54) is 27.7 Å². The molecule has 12 N–H and O–H groups in total. The van der Waals surface area contributed by atoms with Crippen molar-refractivity contribution in [2.24, 2.45) is 5.73 Å². The summed E-state index contributed by atoms with van der Waals surface area (Å²) in [5, 5.41) is 2.68. The monoisotopic (exact) mass is 1100 g/mol. The molecule has 0 bridgehead atoms. The number of H-pyrrole nitrogens is 3. The van der Waals surface area contributed by atoms with Crippen LogP contribution in [0.25, 0.3) is 22.3 Å². The first kappa shape index (κ1) is 64.8. The molecule has 432 valence electrons. The van der Waals surface area contributed by atoms with E-state index in [9.17, 15) is 33.6 Å². The second-order valence-corrected chi connectivity index (χ2v) is 24.4. The van der Waals surface area contributed by atoms with Gasteiger partial charge in [-0.15, -0.1) is 0 Å². The van der Waals surface area contributed by atoms with Gasteiger partial charge in [-0.2, -0.15) is 9.97 Å². The number of imidazole rings is 2. The van der Waals surface area contributed by atoms with Crippen molar-refractivity contribution in [2.75, 3.05) is 17.2 Å². The third-order valence-electron chi connectivity index (χ3n) is 11.2. The van der Waals surface area contributed by atoms with Crippen molar-refractivity contribution in [1.29, 1.82) is 0 Å². The Kier molecular flexibility index (Phi) is 20.1. The van der Waals surface area contributed by atoms with Gasteiger partial charge >= 0.3 is 23.1 Å². The van der Waals surface area contributed by atoms with E-state index < -0.39 is 0 Å². The topological polar surface area (TPSA) is 388 Å². The molecule has 8 rings (SSSR count). The predicted octanol–water partition coefficient (Wildman–Crippen LogP) is 4.09. The van der Waals surface area contributed by atoms with Crippen LogP contribution < -0.4 is 62.0 Å². The maximum Gasteiger partial charge on any atom is 0.349 e. The first-order valence-electron chi connectivity index (χ1n) is 25.1. The third kappa shape index (κ3) is 17.8. The summed E-state index contributed by atoms with van der Waals surface area (Å²) in [5.74, 6) is 0.803. The van der Waals surface area contributed by atoms with Gasteiger partial charge in [0, 0.05) is 69.7 Å². The van der Waals surface area contributed by atoms with Crippen molar-refractivity contribution < 1.29 is 4.79 Å². The van der Waals surface area contributed by atoms with Crippen LogP contribution in [-0.2, 0) is 27.7 Å². The summed E-state index contributed by atoms with van der Waals surface area (Å²) < 4.78 is 8.36. The quantitative estimate of drug-likeness (QED) is 0.106. The van der Waals surface area contributed by atoms with Gasteiger partial charge in [0.05, 0.1) is 12.7 Å². The molecule has 0 saturated carbocycles. The zero-order valence-corrected chi connectivity index (χ0v) is 49.3. The van der Waals surface area contributed by atoms with Gasteiger partial charge in [0.25, 0.3) is 16.7 Å². The number of nitrogen functional groups attached to an aromatic ring is 3. The Labute approximate surface area is 457 Å². The minimum atomic E-state index is -0.366. The van der Waals surface area contributed by atoms with Crippen molar-refractivity contribution >= 4 is 45.9 Å². The van der Waals surface area contributed by atoms with E-state index >= 15 is 0 Å². The highest BCUT2D eigenvalue weighted by Crippen LogP contribution is 2.23. The van der Waals surface area contributed by atoms with Crippen LogP contribution >= 0.6 is 0 Å². The molecule has 7 aromatic heterocycles. The average Bonchev–Trinajstić information content (AvgIpc) is 3.93. The summed E-state index contributed by atoms with van der Waals surface area (Å²) >= 11 is 0. The molecule has 0 radical (unpaired) electrons. The van der Waals surface area contributed by atoms with E-state index in [0.717, 1.165) is 11.2 Å². The van der Waals surface area contributed by atoms with Crippen molar-refractivity contribution in [3.63, 3.8) is 0 Å². The van der Waals surface area contributed by atoms with Gasteiger partial charge in [-0.1, -0.05) is 0 Å². The number of aryl methyl sites for hydroxylation is 1. The van der Waals surface area contributed by atoms with Gasteiger partial charge < -0.3 is 37.4 Å². The summed E-state index contributed by atoms with van der Waals surface area (Å²) in [6, 6.07) is 2.82. The number of carbonyl (C=O) groups is 1. The maximum absolute atomic E-state index is 11.5. The fourth-order valence-corrected chi connectivity index (χ4v) is 6.86. The highest BCUT2D eigenvalue weighted by molar-refractivity contribution is 5.81. The van der Waals surface area contributed by atoms with Crippen LogP contribution in [0.5, 0.6) is 0 Å². The van der Waals surface area contributed by atoms with Gasteiger partial charge in [-0.3, -0.25) is 47.9 Å². The number of amides is 2. The molecule has 79 heavy (non-hydrogen) atoms. The molecule has 1 aliphatic heterocycles.